The number of fused-ring (bicyclic) bond motifs is 1. The molecule has 3 aliphatic rings. The Bertz CT molecular complexity index is 1680. The van der Waals surface area contributed by atoms with Gasteiger partial charge in [-0.25, -0.2) is 14.4 Å². The average molecular weight is 826 g/mol. The van der Waals surface area contributed by atoms with Crippen LogP contribution in [0.4, 0.5) is 32.0 Å². The lowest BCUT2D eigenvalue weighted by molar-refractivity contribution is 0.00978. The number of nitrogens with zero attached hydrogens (tertiary/aromatic N) is 8. The highest BCUT2D eigenvalue weighted by Crippen LogP contribution is 2.30. The van der Waals surface area contributed by atoms with E-state index in [0.717, 1.165) is 80.8 Å². The second kappa shape index (κ2) is 20.1. The summed E-state index contributed by atoms with van der Waals surface area (Å²) in [5.74, 6) is 2.13. The van der Waals surface area contributed by atoms with Crippen LogP contribution in [0.1, 0.15) is 138 Å². The largest absolute Gasteiger partial charge is 0.444 e. The van der Waals surface area contributed by atoms with Gasteiger partial charge in [-0.15, -0.1) is 5.10 Å². The summed E-state index contributed by atoms with van der Waals surface area (Å²) in [6.07, 6.45) is 11.0. The van der Waals surface area contributed by atoms with Crippen molar-refractivity contribution in [3.8, 4) is 0 Å². The summed E-state index contributed by atoms with van der Waals surface area (Å²) in [7, 11) is 0. The third-order valence-corrected chi connectivity index (χ3v) is 10.3. The van der Waals surface area contributed by atoms with Crippen LogP contribution >= 0.6 is 0 Å². The summed E-state index contributed by atoms with van der Waals surface area (Å²) in [5.41, 5.74) is 0.0726. The fourth-order valence-electron chi connectivity index (χ4n) is 7.57. The molecule has 0 bridgehead atoms. The van der Waals surface area contributed by atoms with Crippen molar-refractivity contribution in [2.45, 2.75) is 175 Å². The fraction of sp³-hybridized carbons (Fsp3) is 0.786. The molecule has 3 N–H and O–H groups in total. The molecule has 5 rings (SSSR count). The predicted octanol–water partition coefficient (Wildman–Crippen LogP) is 7.44. The summed E-state index contributed by atoms with van der Waals surface area (Å²) in [6, 6.07) is 0.322. The molecule has 2 aromatic rings. The van der Waals surface area contributed by atoms with Gasteiger partial charge in [0.1, 0.15) is 34.1 Å². The van der Waals surface area contributed by atoms with E-state index in [1.54, 1.807) is 14.5 Å². The van der Waals surface area contributed by atoms with Gasteiger partial charge in [-0.1, -0.05) is 24.5 Å². The first-order chi connectivity index (χ1) is 27.8. The smallest absolute Gasteiger partial charge is 0.410 e. The topological polar surface area (TPSA) is 181 Å². The highest BCUT2D eigenvalue weighted by molar-refractivity contribution is 5.69. The van der Waals surface area contributed by atoms with Crippen molar-refractivity contribution in [1.29, 1.82) is 0 Å². The SMILES string of the molecule is CC(C)(C)OC(=O)N(CCCN(C(=O)OC(C)(C)C)C1CCCCC1)CCCn1cc(CNc2nc3c(c(NC4CCN(C(=O)OC(C)(C)C)CC4)n2)CCCN3)nn1. The van der Waals surface area contributed by atoms with E-state index in [1.165, 1.54) is 6.42 Å². The summed E-state index contributed by atoms with van der Waals surface area (Å²) in [5, 5.41) is 19.2. The van der Waals surface area contributed by atoms with Gasteiger partial charge in [0.2, 0.25) is 5.95 Å². The second-order valence-corrected chi connectivity index (χ2v) is 19.1. The Kier molecular flexibility index (Phi) is 15.5. The maximum Gasteiger partial charge on any atom is 0.410 e. The maximum absolute atomic E-state index is 13.3. The molecule has 17 heteroatoms. The van der Waals surface area contributed by atoms with E-state index in [4.69, 9.17) is 24.2 Å². The standard InChI is InChI=1S/C42H71N11O6/c1-40(2,3)57-37(54)50(23-15-25-53(32-16-11-10-12-17-32)39(56)59-42(7,8)9)22-14-24-52-29-31(48-49-52)28-44-36-46-34-33(18-13-21-43-34)35(47-36)45-30-19-26-51(27-20-30)38(55)58-41(4,5)6/h29-30,32H,10-28H2,1-9H3,(H3,43,44,45,46,47). The number of carbonyl (C=O) groups is 3. The molecule has 0 radical (unpaired) electrons. The van der Waals surface area contributed by atoms with Crippen LogP contribution in [-0.2, 0) is 33.7 Å². The third-order valence-electron chi connectivity index (χ3n) is 10.3. The molecule has 2 aromatic heterocycles. The van der Waals surface area contributed by atoms with E-state index < -0.39 is 16.8 Å². The third kappa shape index (κ3) is 14.9. The van der Waals surface area contributed by atoms with Crippen molar-refractivity contribution < 1.29 is 28.6 Å². The average Bonchev–Trinajstić information content (AvgIpc) is 3.61. The van der Waals surface area contributed by atoms with Crippen molar-refractivity contribution in [3.05, 3.63) is 17.5 Å². The molecule has 1 aliphatic carbocycles. The Hall–Kier alpha value is -4.57. The number of piperidine rings is 1. The first kappa shape index (κ1) is 45.5. The number of aryl methyl sites for hydroxylation is 1. The molecule has 1 saturated carbocycles. The van der Waals surface area contributed by atoms with Gasteiger partial charge in [0.25, 0.3) is 0 Å². The van der Waals surface area contributed by atoms with E-state index in [1.807, 2.05) is 73.4 Å². The molecule has 0 atom stereocenters. The summed E-state index contributed by atoms with van der Waals surface area (Å²) in [4.78, 5) is 54.3. The van der Waals surface area contributed by atoms with Crippen molar-refractivity contribution in [2.24, 2.45) is 0 Å². The van der Waals surface area contributed by atoms with Crippen LogP contribution < -0.4 is 16.0 Å². The first-order valence-corrected chi connectivity index (χ1v) is 21.8. The zero-order valence-electron chi connectivity index (χ0n) is 37.2. The normalized spacial score (nSPS) is 16.7. The molecule has 17 nitrogen and oxygen atoms in total. The van der Waals surface area contributed by atoms with Gasteiger partial charge < -0.3 is 44.9 Å². The number of anilines is 3. The van der Waals surface area contributed by atoms with E-state index in [-0.39, 0.29) is 30.4 Å². The summed E-state index contributed by atoms with van der Waals surface area (Å²) in [6.45, 7) is 21.4. The number of rotatable bonds is 14. The molecule has 330 valence electrons. The quantitative estimate of drug-likeness (QED) is 0.160. The Morgan fingerprint density at radius 3 is 2.15 bits per heavy atom. The van der Waals surface area contributed by atoms with E-state index >= 15 is 0 Å². The van der Waals surface area contributed by atoms with Gasteiger partial charge >= 0.3 is 18.3 Å². The van der Waals surface area contributed by atoms with Crippen LogP contribution in [0.3, 0.4) is 0 Å². The zero-order chi connectivity index (χ0) is 42.8. The lowest BCUT2D eigenvalue weighted by atomic mass is 9.94. The van der Waals surface area contributed by atoms with Gasteiger partial charge in [-0.3, -0.25) is 4.68 Å². The van der Waals surface area contributed by atoms with E-state index in [0.29, 0.717) is 64.6 Å². The number of amides is 3. The van der Waals surface area contributed by atoms with Crippen molar-refractivity contribution in [3.63, 3.8) is 0 Å². The Morgan fingerprint density at radius 1 is 0.814 bits per heavy atom. The molecule has 0 unspecified atom stereocenters. The highest BCUT2D eigenvalue weighted by Gasteiger charge is 2.31. The van der Waals surface area contributed by atoms with Gasteiger partial charge in [0.15, 0.2) is 0 Å². The molecule has 0 spiro atoms. The number of ether oxygens (including phenoxy) is 3. The Balaban J connectivity index is 1.14. The van der Waals surface area contributed by atoms with Crippen molar-refractivity contribution >= 4 is 35.9 Å². The summed E-state index contributed by atoms with van der Waals surface area (Å²) < 4.78 is 18.9. The fourth-order valence-corrected chi connectivity index (χ4v) is 7.57. The van der Waals surface area contributed by atoms with Crippen molar-refractivity contribution in [2.75, 3.05) is 55.2 Å². The molecule has 59 heavy (non-hydrogen) atoms. The second-order valence-electron chi connectivity index (χ2n) is 19.1. The van der Waals surface area contributed by atoms with Crippen LogP contribution in [0.25, 0.3) is 0 Å². The number of likely N-dealkylation sites (tertiary alicyclic amines) is 1. The molecule has 2 aliphatic heterocycles. The minimum atomic E-state index is -0.635. The van der Waals surface area contributed by atoms with Gasteiger partial charge in [0, 0.05) is 63.5 Å². The lowest BCUT2D eigenvalue weighted by Gasteiger charge is -2.36. The molecular weight excluding hydrogens is 755 g/mol. The number of carbonyl (C=O) groups excluding carboxylic acids is 3. The highest BCUT2D eigenvalue weighted by atomic mass is 16.6. The monoisotopic (exact) mass is 826 g/mol. The van der Waals surface area contributed by atoms with E-state index in [2.05, 4.69) is 26.3 Å². The minimum Gasteiger partial charge on any atom is -0.444 e. The minimum absolute atomic E-state index is 0.154. The van der Waals surface area contributed by atoms with Gasteiger partial charge in [0.05, 0.1) is 12.7 Å². The Labute approximate surface area is 351 Å². The number of hydrogen-bond donors (Lipinski definition) is 3. The molecule has 4 heterocycles. The molecule has 1 saturated heterocycles. The van der Waals surface area contributed by atoms with Crippen molar-refractivity contribution in [1.82, 2.24) is 39.7 Å². The molecule has 0 aromatic carbocycles. The van der Waals surface area contributed by atoms with E-state index in [9.17, 15) is 14.4 Å². The molecular formula is C42H71N11O6. The van der Waals surface area contributed by atoms with Crippen LogP contribution in [0, 0.1) is 0 Å². The van der Waals surface area contributed by atoms with Crippen LogP contribution in [0.15, 0.2) is 6.20 Å². The van der Waals surface area contributed by atoms with Gasteiger partial charge in [-0.05, 0) is 114 Å². The zero-order valence-corrected chi connectivity index (χ0v) is 37.2. The summed E-state index contributed by atoms with van der Waals surface area (Å²) >= 11 is 0. The number of aromatic nitrogens is 5. The van der Waals surface area contributed by atoms with Crippen LogP contribution in [0.2, 0.25) is 0 Å². The predicted molar refractivity (Wildman–Crippen MR) is 227 cm³/mol. The maximum atomic E-state index is 13.3. The molecule has 2 fully saturated rings. The van der Waals surface area contributed by atoms with Crippen LogP contribution in [0.5, 0.6) is 0 Å². The Morgan fingerprint density at radius 2 is 1.47 bits per heavy atom. The molecule has 3 amide bonds. The first-order valence-electron chi connectivity index (χ1n) is 21.8. The van der Waals surface area contributed by atoms with Crippen LogP contribution in [-0.4, -0.2) is 126 Å². The van der Waals surface area contributed by atoms with Gasteiger partial charge in [-0.2, -0.15) is 9.97 Å². The number of hydrogen-bond acceptors (Lipinski definition) is 13. The number of nitrogens with one attached hydrogen (secondary N) is 3. The lowest BCUT2D eigenvalue weighted by Crippen LogP contribution is -2.46.